The number of fused-ring (bicyclic) bond motifs is 2. The predicted octanol–water partition coefficient (Wildman–Crippen LogP) is 7.12. The molecule has 3 aromatic rings. The van der Waals surface area contributed by atoms with Crippen LogP contribution in [0.1, 0.15) is 46.5 Å². The molecule has 7 heteroatoms. The number of carbonyl (C=O) groups excluding carboxylic acids is 1. The molecule has 5 rings (SSSR count). The molecule has 2 heterocycles. The Balaban J connectivity index is 1.36. The first kappa shape index (κ1) is 24.7. The number of ether oxygens (including phenoxy) is 2. The third-order valence-corrected chi connectivity index (χ3v) is 7.45. The molecule has 0 fully saturated rings. The topological polar surface area (TPSA) is 42.0 Å². The lowest BCUT2D eigenvalue weighted by molar-refractivity contribution is 0.0876. The molecule has 2 aliphatic rings. The van der Waals surface area contributed by atoms with Crippen molar-refractivity contribution < 1.29 is 14.3 Å². The third-order valence-electron chi connectivity index (χ3n) is 6.71. The Hall–Kier alpha value is -2.99. The van der Waals surface area contributed by atoms with Crippen molar-refractivity contribution >= 4 is 40.7 Å². The van der Waals surface area contributed by atoms with Crippen LogP contribution in [-0.4, -0.2) is 30.5 Å². The molecular weight excluding hydrogens is 495 g/mol. The van der Waals surface area contributed by atoms with Crippen LogP contribution in [0.5, 0.6) is 11.5 Å². The maximum atomic E-state index is 13.3. The SMILES string of the molecule is CCN(CC)c1ccc(/C=C2\Oc3c(cc4c(c3C)OCN(Cc3ccc(Cl)c(Cl)c3)C4)C2=O)cc1. The van der Waals surface area contributed by atoms with Gasteiger partial charge in [0.25, 0.3) is 0 Å². The molecule has 3 aromatic carbocycles. The fourth-order valence-electron chi connectivity index (χ4n) is 4.82. The highest BCUT2D eigenvalue weighted by Gasteiger charge is 2.33. The van der Waals surface area contributed by atoms with Crippen LogP contribution in [0.3, 0.4) is 0 Å². The van der Waals surface area contributed by atoms with Gasteiger partial charge in [-0.2, -0.15) is 0 Å². The van der Waals surface area contributed by atoms with Gasteiger partial charge in [0.1, 0.15) is 18.2 Å². The number of halogens is 2. The van der Waals surface area contributed by atoms with Gasteiger partial charge >= 0.3 is 0 Å². The first-order valence-electron chi connectivity index (χ1n) is 12.1. The molecule has 0 radical (unpaired) electrons. The van der Waals surface area contributed by atoms with Gasteiger partial charge in [0.2, 0.25) is 5.78 Å². The van der Waals surface area contributed by atoms with Crippen LogP contribution in [0.25, 0.3) is 6.08 Å². The molecule has 5 nitrogen and oxygen atoms in total. The van der Waals surface area contributed by atoms with E-state index in [1.54, 1.807) is 6.07 Å². The number of nitrogens with zero attached hydrogens (tertiary/aromatic N) is 2. The largest absolute Gasteiger partial charge is 0.477 e. The lowest BCUT2D eigenvalue weighted by Gasteiger charge is -2.30. The maximum Gasteiger partial charge on any atom is 0.231 e. The third kappa shape index (κ3) is 4.71. The van der Waals surface area contributed by atoms with Crippen molar-refractivity contribution in [3.63, 3.8) is 0 Å². The number of anilines is 1. The molecule has 0 saturated carbocycles. The number of carbonyl (C=O) groups is 1. The second kappa shape index (κ2) is 10.2. The van der Waals surface area contributed by atoms with E-state index in [4.69, 9.17) is 32.7 Å². The molecule has 0 bridgehead atoms. The van der Waals surface area contributed by atoms with E-state index in [0.29, 0.717) is 46.9 Å². The van der Waals surface area contributed by atoms with Crippen LogP contribution in [-0.2, 0) is 13.1 Å². The minimum Gasteiger partial charge on any atom is -0.477 e. The molecule has 0 unspecified atom stereocenters. The molecule has 0 aliphatic carbocycles. The van der Waals surface area contributed by atoms with Gasteiger partial charge in [-0.05, 0) is 68.3 Å². The number of ketones is 1. The van der Waals surface area contributed by atoms with Crippen LogP contribution in [0, 0.1) is 6.92 Å². The summed E-state index contributed by atoms with van der Waals surface area (Å²) in [7, 11) is 0. The summed E-state index contributed by atoms with van der Waals surface area (Å²) in [6, 6.07) is 15.7. The Bertz CT molecular complexity index is 1350. The molecule has 0 spiro atoms. The second-order valence-corrected chi connectivity index (χ2v) is 9.89. The number of hydrogen-bond donors (Lipinski definition) is 0. The number of allylic oxidation sites excluding steroid dienone is 1. The van der Waals surface area contributed by atoms with Crippen molar-refractivity contribution in [2.45, 2.75) is 33.9 Å². The minimum absolute atomic E-state index is 0.106. The summed E-state index contributed by atoms with van der Waals surface area (Å²) in [6.45, 7) is 9.87. The minimum atomic E-state index is -0.106. The molecule has 0 saturated heterocycles. The summed E-state index contributed by atoms with van der Waals surface area (Å²) < 4.78 is 12.2. The Morgan fingerprint density at radius 2 is 1.75 bits per heavy atom. The molecule has 0 N–H and O–H groups in total. The summed E-state index contributed by atoms with van der Waals surface area (Å²) in [5.74, 6) is 1.60. The zero-order valence-electron chi connectivity index (χ0n) is 20.6. The second-order valence-electron chi connectivity index (χ2n) is 9.08. The highest BCUT2D eigenvalue weighted by Crippen LogP contribution is 2.43. The summed E-state index contributed by atoms with van der Waals surface area (Å²) >= 11 is 12.2. The Kier molecular flexibility index (Phi) is 6.98. The van der Waals surface area contributed by atoms with Crippen molar-refractivity contribution in [3.8, 4) is 11.5 Å². The highest BCUT2D eigenvalue weighted by atomic mass is 35.5. The molecular formula is C29H28Cl2N2O3. The van der Waals surface area contributed by atoms with Crippen LogP contribution in [0.15, 0.2) is 54.3 Å². The number of rotatable bonds is 6. The van der Waals surface area contributed by atoms with E-state index in [1.165, 1.54) is 0 Å². The van der Waals surface area contributed by atoms with Crippen molar-refractivity contribution in [3.05, 3.63) is 92.2 Å². The molecule has 0 aromatic heterocycles. The van der Waals surface area contributed by atoms with Crippen molar-refractivity contribution in [2.24, 2.45) is 0 Å². The fourth-order valence-corrected chi connectivity index (χ4v) is 5.14. The lowest BCUT2D eigenvalue weighted by Crippen LogP contribution is -2.32. The summed E-state index contributed by atoms with van der Waals surface area (Å²) in [6.07, 6.45) is 1.81. The molecule has 186 valence electrons. The van der Waals surface area contributed by atoms with Crippen LogP contribution >= 0.6 is 23.2 Å². The quantitative estimate of drug-likeness (QED) is 0.322. The van der Waals surface area contributed by atoms with Gasteiger partial charge in [0.15, 0.2) is 5.76 Å². The Morgan fingerprint density at radius 3 is 2.44 bits per heavy atom. The zero-order valence-corrected chi connectivity index (χ0v) is 22.1. The average Bonchev–Trinajstić information content (AvgIpc) is 3.18. The smallest absolute Gasteiger partial charge is 0.231 e. The Morgan fingerprint density at radius 1 is 1.00 bits per heavy atom. The van der Waals surface area contributed by atoms with Crippen LogP contribution in [0.2, 0.25) is 10.0 Å². The highest BCUT2D eigenvalue weighted by molar-refractivity contribution is 6.42. The Labute approximate surface area is 221 Å². The van der Waals surface area contributed by atoms with E-state index in [-0.39, 0.29) is 5.78 Å². The first-order chi connectivity index (χ1) is 17.4. The summed E-state index contributed by atoms with van der Waals surface area (Å²) in [4.78, 5) is 17.7. The fraction of sp³-hybridized carbons (Fsp3) is 0.276. The van der Waals surface area contributed by atoms with Crippen molar-refractivity contribution in [2.75, 3.05) is 24.7 Å². The molecule has 2 aliphatic heterocycles. The van der Waals surface area contributed by atoms with E-state index in [0.717, 1.165) is 46.8 Å². The van der Waals surface area contributed by atoms with Gasteiger partial charge in [0, 0.05) is 43.0 Å². The summed E-state index contributed by atoms with van der Waals surface area (Å²) in [5, 5.41) is 1.07. The van der Waals surface area contributed by atoms with Gasteiger partial charge in [-0.1, -0.05) is 41.4 Å². The van der Waals surface area contributed by atoms with Gasteiger partial charge in [-0.15, -0.1) is 0 Å². The van der Waals surface area contributed by atoms with Gasteiger partial charge in [0.05, 0.1) is 15.6 Å². The maximum absolute atomic E-state index is 13.3. The predicted molar refractivity (Wildman–Crippen MR) is 145 cm³/mol. The number of hydrogen-bond acceptors (Lipinski definition) is 5. The average molecular weight is 523 g/mol. The molecule has 0 atom stereocenters. The normalized spacial score (nSPS) is 15.9. The van der Waals surface area contributed by atoms with E-state index >= 15 is 0 Å². The first-order valence-corrected chi connectivity index (χ1v) is 12.9. The summed E-state index contributed by atoms with van der Waals surface area (Å²) in [5.41, 5.74) is 5.54. The monoisotopic (exact) mass is 522 g/mol. The van der Waals surface area contributed by atoms with E-state index in [9.17, 15) is 4.79 Å². The van der Waals surface area contributed by atoms with Crippen molar-refractivity contribution in [1.29, 1.82) is 0 Å². The standard InChI is InChI=1S/C29H28Cl2N2O3/c1-4-33(5-2)22-9-6-19(7-10-22)13-26-27(34)23-14-21-16-32(15-20-8-11-24(30)25(31)12-20)17-35-28(21)18(3)29(23)36-26/h6-14H,4-5,15-17H2,1-3H3/b26-13-. The van der Waals surface area contributed by atoms with Gasteiger partial charge < -0.3 is 14.4 Å². The zero-order chi connectivity index (χ0) is 25.4. The molecule has 0 amide bonds. The van der Waals surface area contributed by atoms with E-state index in [2.05, 4.69) is 35.8 Å². The number of Topliss-reactive ketones (excluding diaryl/α,β-unsaturated/α-hetero) is 1. The van der Waals surface area contributed by atoms with Crippen LogP contribution < -0.4 is 14.4 Å². The van der Waals surface area contributed by atoms with E-state index < -0.39 is 0 Å². The van der Waals surface area contributed by atoms with Gasteiger partial charge in [-0.3, -0.25) is 9.69 Å². The van der Waals surface area contributed by atoms with Gasteiger partial charge in [-0.25, -0.2) is 0 Å². The van der Waals surface area contributed by atoms with E-state index in [1.807, 2.05) is 43.3 Å². The van der Waals surface area contributed by atoms with Crippen molar-refractivity contribution in [1.82, 2.24) is 4.90 Å². The molecule has 36 heavy (non-hydrogen) atoms. The van der Waals surface area contributed by atoms with Crippen LogP contribution in [0.4, 0.5) is 5.69 Å². The lowest BCUT2D eigenvalue weighted by atomic mass is 10.00. The number of benzene rings is 3.